The van der Waals surface area contributed by atoms with Crippen LogP contribution in [0.15, 0.2) is 54.9 Å². The van der Waals surface area contributed by atoms with Gasteiger partial charge in [-0.2, -0.15) is 0 Å². The molecule has 2 N–H and O–H groups in total. The summed E-state index contributed by atoms with van der Waals surface area (Å²) in [5.41, 5.74) is 5.58. The van der Waals surface area contributed by atoms with Crippen molar-refractivity contribution >= 4 is 27.4 Å². The zero-order chi connectivity index (χ0) is 20.5. The normalized spacial score (nSPS) is 15.2. The van der Waals surface area contributed by atoms with Crippen molar-refractivity contribution in [2.75, 3.05) is 19.6 Å². The molecule has 2 aromatic heterocycles. The number of nitrogens with one attached hydrogen (secondary N) is 2. The van der Waals surface area contributed by atoms with Gasteiger partial charge < -0.3 is 9.97 Å². The molecular weight excluding hydrogens is 380 g/mol. The Bertz CT molecular complexity index is 1220. The second kappa shape index (κ2) is 8.07. The molecule has 0 saturated carbocycles. The molecule has 0 aliphatic carbocycles. The third kappa shape index (κ3) is 3.77. The molecule has 0 saturated heterocycles. The largest absolute Gasteiger partial charge is 0.361 e. The fraction of sp³-hybridized carbons (Fsp3) is 0.280. The molecule has 5 rings (SSSR count). The summed E-state index contributed by atoms with van der Waals surface area (Å²) in [5.74, 6) is -0.378. The van der Waals surface area contributed by atoms with Crippen molar-refractivity contribution in [3.05, 3.63) is 77.6 Å². The molecule has 0 radical (unpaired) electrons. The van der Waals surface area contributed by atoms with Crippen LogP contribution in [0.25, 0.3) is 27.4 Å². The topological polar surface area (TPSA) is 34.8 Å². The lowest BCUT2D eigenvalue weighted by atomic mass is 9.98. The van der Waals surface area contributed by atoms with Crippen LogP contribution in [0.5, 0.6) is 0 Å². The van der Waals surface area contributed by atoms with Crippen molar-refractivity contribution in [2.24, 2.45) is 0 Å². The second-order valence-corrected chi connectivity index (χ2v) is 8.13. The first kappa shape index (κ1) is 19.1. The Morgan fingerprint density at radius 1 is 0.867 bits per heavy atom. The molecule has 154 valence electrons. The molecule has 30 heavy (non-hydrogen) atoms. The molecular formula is C25H25F2N3. The third-order valence-corrected chi connectivity index (χ3v) is 6.18. The first-order valence-corrected chi connectivity index (χ1v) is 10.6. The minimum absolute atomic E-state index is 0.183. The van der Waals surface area contributed by atoms with Gasteiger partial charge in [0.05, 0.1) is 0 Å². The Labute approximate surface area is 174 Å². The van der Waals surface area contributed by atoms with Gasteiger partial charge in [0.2, 0.25) is 0 Å². The lowest BCUT2D eigenvalue weighted by molar-refractivity contribution is 0.295. The highest BCUT2D eigenvalue weighted by Gasteiger charge is 2.16. The predicted octanol–water partition coefficient (Wildman–Crippen LogP) is 6.04. The summed E-state index contributed by atoms with van der Waals surface area (Å²) < 4.78 is 27.2. The van der Waals surface area contributed by atoms with E-state index in [0.717, 1.165) is 72.7 Å². The average Bonchev–Trinajstić information content (AvgIpc) is 3.35. The minimum Gasteiger partial charge on any atom is -0.361 e. The van der Waals surface area contributed by atoms with Gasteiger partial charge in [0.15, 0.2) is 0 Å². The summed E-state index contributed by atoms with van der Waals surface area (Å²) in [6.45, 7) is 3.00. The highest BCUT2D eigenvalue weighted by molar-refractivity contribution is 5.92. The van der Waals surface area contributed by atoms with E-state index >= 15 is 0 Å². The van der Waals surface area contributed by atoms with Crippen molar-refractivity contribution in [1.82, 2.24) is 14.9 Å². The van der Waals surface area contributed by atoms with Crippen molar-refractivity contribution in [2.45, 2.75) is 25.7 Å². The molecule has 3 nitrogen and oxygen atoms in total. The molecule has 1 aliphatic rings. The highest BCUT2D eigenvalue weighted by atomic mass is 19.1. The number of hydrogen-bond donors (Lipinski definition) is 2. The number of aromatic amines is 2. The Morgan fingerprint density at radius 2 is 1.60 bits per heavy atom. The number of aryl methyl sites for hydroxylation is 1. The fourth-order valence-electron chi connectivity index (χ4n) is 4.53. The van der Waals surface area contributed by atoms with E-state index in [2.05, 4.69) is 20.9 Å². The Morgan fingerprint density at radius 3 is 2.37 bits per heavy atom. The summed E-state index contributed by atoms with van der Waals surface area (Å²) in [6, 6.07) is 9.82. The summed E-state index contributed by atoms with van der Waals surface area (Å²) >= 11 is 0. The van der Waals surface area contributed by atoms with Gasteiger partial charge in [-0.1, -0.05) is 6.08 Å². The number of unbranched alkanes of at least 4 members (excludes halogenated alkanes) is 1. The monoisotopic (exact) mass is 405 g/mol. The molecule has 0 bridgehead atoms. The standard InChI is InChI=1S/C25H25F2N3/c26-19-4-6-24-21(13-19)18(15-28-24)3-1-2-10-30-11-8-17(9-12-30)23-16-29-25-7-5-20(27)14-22(23)25/h4-8,13-16,28-29H,1-3,9-12H2. The van der Waals surface area contributed by atoms with Crippen molar-refractivity contribution < 1.29 is 8.78 Å². The molecule has 2 aromatic carbocycles. The number of fused-ring (bicyclic) bond motifs is 2. The summed E-state index contributed by atoms with van der Waals surface area (Å²) in [4.78, 5) is 8.94. The van der Waals surface area contributed by atoms with Crippen LogP contribution in [-0.4, -0.2) is 34.5 Å². The molecule has 0 atom stereocenters. The Balaban J connectivity index is 1.16. The van der Waals surface area contributed by atoms with Crippen LogP contribution in [0.3, 0.4) is 0 Å². The molecule has 1 aliphatic heterocycles. The van der Waals surface area contributed by atoms with Crippen LogP contribution in [0.1, 0.15) is 30.4 Å². The number of rotatable bonds is 6. The Kier molecular flexibility index (Phi) is 5.13. The third-order valence-electron chi connectivity index (χ3n) is 6.18. The first-order chi connectivity index (χ1) is 14.7. The van der Waals surface area contributed by atoms with E-state index < -0.39 is 0 Å². The Hall–Kier alpha value is -2.92. The van der Waals surface area contributed by atoms with Crippen molar-refractivity contribution in [3.63, 3.8) is 0 Å². The maximum atomic E-state index is 13.6. The lowest BCUT2D eigenvalue weighted by Gasteiger charge is -2.26. The van der Waals surface area contributed by atoms with Crippen LogP contribution in [0, 0.1) is 11.6 Å². The van der Waals surface area contributed by atoms with E-state index in [1.54, 1.807) is 24.3 Å². The smallest absolute Gasteiger partial charge is 0.123 e. The second-order valence-electron chi connectivity index (χ2n) is 8.13. The average molecular weight is 405 g/mol. The van der Waals surface area contributed by atoms with Crippen molar-refractivity contribution in [3.8, 4) is 0 Å². The van der Waals surface area contributed by atoms with Gasteiger partial charge in [-0.3, -0.25) is 4.90 Å². The van der Waals surface area contributed by atoms with E-state index in [9.17, 15) is 8.78 Å². The number of nitrogens with zero attached hydrogens (tertiary/aromatic N) is 1. The summed E-state index contributed by atoms with van der Waals surface area (Å²) in [7, 11) is 0. The number of H-pyrrole nitrogens is 2. The molecule has 4 aromatic rings. The summed E-state index contributed by atoms with van der Waals surface area (Å²) in [6.07, 6.45) is 10.4. The number of benzene rings is 2. The molecule has 3 heterocycles. The number of halogens is 2. The minimum atomic E-state index is -0.195. The van der Waals surface area contributed by atoms with Gasteiger partial charge in [0.1, 0.15) is 11.6 Å². The zero-order valence-electron chi connectivity index (χ0n) is 16.8. The van der Waals surface area contributed by atoms with Gasteiger partial charge in [-0.05, 0) is 79.8 Å². The van der Waals surface area contributed by atoms with Gasteiger partial charge in [0, 0.05) is 52.9 Å². The number of hydrogen-bond acceptors (Lipinski definition) is 1. The van der Waals surface area contributed by atoms with Crippen LogP contribution < -0.4 is 0 Å². The van der Waals surface area contributed by atoms with Gasteiger partial charge in [-0.15, -0.1) is 0 Å². The highest BCUT2D eigenvalue weighted by Crippen LogP contribution is 2.30. The van der Waals surface area contributed by atoms with Crippen LogP contribution in [0.2, 0.25) is 0 Å². The zero-order valence-corrected chi connectivity index (χ0v) is 16.8. The van der Waals surface area contributed by atoms with Gasteiger partial charge >= 0.3 is 0 Å². The quantitative estimate of drug-likeness (QED) is 0.377. The lowest BCUT2D eigenvalue weighted by Crippen LogP contribution is -2.29. The van der Waals surface area contributed by atoms with E-state index in [-0.39, 0.29) is 11.6 Å². The summed E-state index contributed by atoms with van der Waals surface area (Å²) in [5, 5.41) is 1.96. The van der Waals surface area contributed by atoms with Gasteiger partial charge in [-0.25, -0.2) is 8.78 Å². The number of aromatic nitrogens is 2. The molecule has 0 spiro atoms. The van der Waals surface area contributed by atoms with E-state index in [0.29, 0.717) is 0 Å². The molecule has 5 heteroatoms. The maximum Gasteiger partial charge on any atom is 0.123 e. The van der Waals surface area contributed by atoms with E-state index in [1.165, 1.54) is 23.3 Å². The predicted molar refractivity (Wildman–Crippen MR) is 118 cm³/mol. The fourth-order valence-corrected chi connectivity index (χ4v) is 4.53. The van der Waals surface area contributed by atoms with Crippen LogP contribution in [-0.2, 0) is 6.42 Å². The first-order valence-electron chi connectivity index (χ1n) is 10.6. The van der Waals surface area contributed by atoms with Crippen molar-refractivity contribution in [1.29, 1.82) is 0 Å². The van der Waals surface area contributed by atoms with Gasteiger partial charge in [0.25, 0.3) is 0 Å². The van der Waals surface area contributed by atoms with E-state index in [1.807, 2.05) is 12.4 Å². The van der Waals surface area contributed by atoms with Crippen LogP contribution in [0.4, 0.5) is 8.78 Å². The molecule has 0 fully saturated rings. The van der Waals surface area contributed by atoms with Crippen LogP contribution >= 0.6 is 0 Å². The SMILES string of the molecule is Fc1ccc2[nH]cc(CCCCN3CC=C(c4c[nH]c5ccc(F)cc45)CC3)c2c1. The molecule has 0 unspecified atom stereocenters. The maximum absolute atomic E-state index is 13.6. The van der Waals surface area contributed by atoms with E-state index in [4.69, 9.17) is 0 Å². The molecule has 0 amide bonds.